The molecule has 1 heterocycles. The molecular weight excluding hydrogens is 209 g/mol. The van der Waals surface area contributed by atoms with E-state index < -0.39 is 29.8 Å². The fourth-order valence-corrected chi connectivity index (χ4v) is 1.04. The van der Waals surface area contributed by atoms with Gasteiger partial charge in [-0.1, -0.05) is 4.98 Å². The molecule has 1 aromatic heterocycles. The molecule has 84 valence electrons. The summed E-state index contributed by atoms with van der Waals surface area (Å²) in [5, 5.41) is 28.6. The Morgan fingerprint density at radius 1 is 1.60 bits per heavy atom. The Labute approximate surface area is 83.9 Å². The van der Waals surface area contributed by atoms with Gasteiger partial charge in [0.25, 0.3) is 0 Å². The van der Waals surface area contributed by atoms with Crippen molar-refractivity contribution in [2.45, 2.75) is 18.8 Å². The van der Waals surface area contributed by atoms with Crippen LogP contribution in [0.2, 0.25) is 0 Å². The van der Waals surface area contributed by atoms with E-state index in [0.29, 0.717) is 0 Å². The van der Waals surface area contributed by atoms with Crippen LogP contribution < -0.4 is 0 Å². The van der Waals surface area contributed by atoms with Crippen LogP contribution in [0, 0.1) is 10.1 Å². The maximum atomic E-state index is 12.0. The van der Waals surface area contributed by atoms with Crippen molar-refractivity contribution in [2.24, 2.45) is 0 Å². The average Bonchev–Trinajstić information content (AvgIpc) is 2.64. The summed E-state index contributed by atoms with van der Waals surface area (Å²) in [6, 6.07) is 0. The zero-order valence-electron chi connectivity index (χ0n) is 7.65. The lowest BCUT2D eigenvalue weighted by Crippen LogP contribution is -2.32. The van der Waals surface area contributed by atoms with Crippen molar-refractivity contribution in [1.29, 1.82) is 0 Å². The molecule has 2 N–H and O–H groups in total. The molecule has 0 saturated heterocycles. The van der Waals surface area contributed by atoms with Crippen molar-refractivity contribution in [1.82, 2.24) is 9.55 Å². The summed E-state index contributed by atoms with van der Waals surface area (Å²) in [5.74, 6) is -0.458. The molecule has 0 fully saturated rings. The number of rotatable bonds is 5. The number of hydrogen-bond donors (Lipinski definition) is 2. The van der Waals surface area contributed by atoms with E-state index in [2.05, 4.69) is 4.98 Å². The van der Waals surface area contributed by atoms with E-state index in [-0.39, 0.29) is 6.54 Å². The molecule has 0 amide bonds. The average molecular weight is 219 g/mol. The molecule has 8 heteroatoms. The zero-order valence-corrected chi connectivity index (χ0v) is 7.65. The second-order valence-electron chi connectivity index (χ2n) is 2.93. The quantitative estimate of drug-likeness (QED) is 0.512. The fraction of sp³-hybridized carbons (Fsp3) is 0.571. The molecule has 15 heavy (non-hydrogen) atoms. The summed E-state index contributed by atoms with van der Waals surface area (Å²) in [6.07, 6.45) is -0.492. The van der Waals surface area contributed by atoms with E-state index in [4.69, 9.17) is 5.11 Å². The fourth-order valence-electron chi connectivity index (χ4n) is 1.04. The minimum Gasteiger partial charge on any atom is -0.390 e. The molecule has 2 atom stereocenters. The summed E-state index contributed by atoms with van der Waals surface area (Å²) in [4.78, 5) is 13.1. The van der Waals surface area contributed by atoms with Crippen LogP contribution in [0.5, 0.6) is 0 Å². The van der Waals surface area contributed by atoms with Crippen LogP contribution in [0.3, 0.4) is 0 Å². The van der Waals surface area contributed by atoms with Gasteiger partial charge in [0.1, 0.15) is 37.8 Å². The van der Waals surface area contributed by atoms with E-state index in [0.717, 1.165) is 4.57 Å². The number of aromatic nitrogens is 2. The Morgan fingerprint density at radius 3 is 2.80 bits per heavy atom. The van der Waals surface area contributed by atoms with E-state index >= 15 is 0 Å². The number of nitro groups is 1. The Kier molecular flexibility index (Phi) is 3.69. The SMILES string of the molecule is O=[N+]([O-])c1nccn1CC(O)C(O)CF. The van der Waals surface area contributed by atoms with Crippen LogP contribution in [0.15, 0.2) is 12.4 Å². The minimum atomic E-state index is -1.55. The Hall–Kier alpha value is -1.54. The second-order valence-corrected chi connectivity index (χ2v) is 2.93. The first-order valence-corrected chi connectivity index (χ1v) is 4.14. The number of aliphatic hydroxyl groups is 2. The molecular formula is C7H10FN3O4. The molecule has 0 spiro atoms. The van der Waals surface area contributed by atoms with Crippen molar-refractivity contribution >= 4 is 5.95 Å². The topological polar surface area (TPSA) is 101 Å². The molecule has 0 aromatic carbocycles. The molecule has 1 aromatic rings. The highest BCUT2D eigenvalue weighted by Gasteiger charge is 2.22. The van der Waals surface area contributed by atoms with Crippen LogP contribution >= 0.6 is 0 Å². The first-order valence-electron chi connectivity index (χ1n) is 4.14. The van der Waals surface area contributed by atoms with Gasteiger partial charge >= 0.3 is 5.95 Å². The van der Waals surface area contributed by atoms with Crippen molar-refractivity contribution in [3.63, 3.8) is 0 Å². The third-order valence-electron chi connectivity index (χ3n) is 1.84. The van der Waals surface area contributed by atoms with Crippen LogP contribution in [0.1, 0.15) is 0 Å². The molecule has 1 rings (SSSR count). The number of nitrogens with zero attached hydrogens (tertiary/aromatic N) is 3. The largest absolute Gasteiger partial charge is 0.434 e. The lowest BCUT2D eigenvalue weighted by molar-refractivity contribution is -0.397. The molecule has 0 aliphatic carbocycles. The first kappa shape index (κ1) is 11.5. The van der Waals surface area contributed by atoms with E-state index in [1.54, 1.807) is 0 Å². The number of imidazole rings is 1. The van der Waals surface area contributed by atoms with Crippen molar-refractivity contribution < 1.29 is 19.5 Å². The first-order chi connectivity index (χ1) is 7.06. The number of aliphatic hydroxyl groups excluding tert-OH is 2. The van der Waals surface area contributed by atoms with Gasteiger partial charge in [-0.05, 0) is 4.92 Å². The monoisotopic (exact) mass is 219 g/mol. The van der Waals surface area contributed by atoms with Gasteiger partial charge in [-0.3, -0.25) is 0 Å². The molecule has 2 unspecified atom stereocenters. The van der Waals surface area contributed by atoms with Crippen molar-refractivity contribution in [3.05, 3.63) is 22.5 Å². The smallest absolute Gasteiger partial charge is 0.390 e. The van der Waals surface area contributed by atoms with Crippen LogP contribution in [-0.4, -0.2) is 43.6 Å². The van der Waals surface area contributed by atoms with Crippen LogP contribution in [0.25, 0.3) is 0 Å². The van der Waals surface area contributed by atoms with E-state index in [9.17, 15) is 19.6 Å². The molecule has 0 aliphatic heterocycles. The van der Waals surface area contributed by atoms with E-state index in [1.807, 2.05) is 0 Å². The number of alkyl halides is 1. The highest BCUT2D eigenvalue weighted by Crippen LogP contribution is 2.09. The summed E-state index contributed by atoms with van der Waals surface area (Å²) < 4.78 is 13.0. The highest BCUT2D eigenvalue weighted by atomic mass is 19.1. The normalized spacial score (nSPS) is 14.9. The summed E-state index contributed by atoms with van der Waals surface area (Å²) in [7, 11) is 0. The predicted octanol–water partition coefficient (Wildman–Crippen LogP) is -0.517. The summed E-state index contributed by atoms with van der Waals surface area (Å²) in [5.41, 5.74) is 0. The maximum Gasteiger partial charge on any atom is 0.434 e. The Bertz CT molecular complexity index is 343. The van der Waals surface area contributed by atoms with Gasteiger partial charge in [-0.2, -0.15) is 0 Å². The summed E-state index contributed by atoms with van der Waals surface area (Å²) in [6.45, 7) is -1.38. The predicted molar refractivity (Wildman–Crippen MR) is 46.9 cm³/mol. The zero-order chi connectivity index (χ0) is 11.4. The van der Waals surface area contributed by atoms with Crippen LogP contribution in [-0.2, 0) is 6.54 Å². The lowest BCUT2D eigenvalue weighted by atomic mass is 10.2. The van der Waals surface area contributed by atoms with Gasteiger partial charge in [-0.25, -0.2) is 8.96 Å². The standard InChI is InChI=1S/C7H10FN3O4/c8-3-5(12)6(13)4-10-2-1-9-7(10)11(14)15/h1-2,5-6,12-13H,3-4H2. The van der Waals surface area contributed by atoms with Crippen LogP contribution in [0.4, 0.5) is 10.3 Å². The lowest BCUT2D eigenvalue weighted by Gasteiger charge is -2.13. The van der Waals surface area contributed by atoms with Gasteiger partial charge in [-0.15, -0.1) is 0 Å². The van der Waals surface area contributed by atoms with Crippen molar-refractivity contribution in [3.8, 4) is 0 Å². The molecule has 0 aliphatic rings. The number of hydrogen-bond acceptors (Lipinski definition) is 5. The summed E-state index contributed by atoms with van der Waals surface area (Å²) >= 11 is 0. The van der Waals surface area contributed by atoms with Gasteiger partial charge in [0.05, 0.1) is 0 Å². The molecule has 0 saturated carbocycles. The Balaban J connectivity index is 2.72. The third-order valence-corrected chi connectivity index (χ3v) is 1.84. The molecule has 0 bridgehead atoms. The molecule has 7 nitrogen and oxygen atoms in total. The van der Waals surface area contributed by atoms with Gasteiger partial charge in [0, 0.05) is 0 Å². The maximum absolute atomic E-state index is 12.0. The minimum absolute atomic E-state index is 0.276. The van der Waals surface area contributed by atoms with Gasteiger partial charge < -0.3 is 20.3 Å². The van der Waals surface area contributed by atoms with E-state index in [1.165, 1.54) is 12.4 Å². The highest BCUT2D eigenvalue weighted by molar-refractivity contribution is 5.06. The van der Waals surface area contributed by atoms with Gasteiger partial charge in [0.15, 0.2) is 0 Å². The molecule has 0 radical (unpaired) electrons. The van der Waals surface area contributed by atoms with Crippen molar-refractivity contribution in [2.75, 3.05) is 6.67 Å². The van der Waals surface area contributed by atoms with Gasteiger partial charge in [0.2, 0.25) is 0 Å². The second kappa shape index (κ2) is 4.80. The number of halogens is 1. The third kappa shape index (κ3) is 2.70. The Morgan fingerprint density at radius 2 is 2.27 bits per heavy atom.